The Morgan fingerprint density at radius 1 is 1.27 bits per heavy atom. The van der Waals surface area contributed by atoms with Crippen LogP contribution in [0.2, 0.25) is 0 Å². The van der Waals surface area contributed by atoms with Gasteiger partial charge in [0, 0.05) is 44.4 Å². The van der Waals surface area contributed by atoms with Crippen LogP contribution in [0.3, 0.4) is 0 Å². The highest BCUT2D eigenvalue weighted by Crippen LogP contribution is 2.28. The minimum absolute atomic E-state index is 0.111. The van der Waals surface area contributed by atoms with E-state index in [0.717, 1.165) is 32.1 Å². The number of amides is 1. The second-order valence-electron chi connectivity index (χ2n) is 6.04. The van der Waals surface area contributed by atoms with Gasteiger partial charge in [0.2, 0.25) is 5.91 Å². The molecule has 1 amide bonds. The van der Waals surface area contributed by atoms with Gasteiger partial charge in [0.05, 0.1) is 0 Å². The minimum atomic E-state index is 0.111. The molecule has 0 spiro atoms. The van der Waals surface area contributed by atoms with E-state index in [1.807, 2.05) is 18.3 Å². The molecule has 2 aromatic rings. The summed E-state index contributed by atoms with van der Waals surface area (Å²) in [6.45, 7) is 3.07. The summed E-state index contributed by atoms with van der Waals surface area (Å²) in [7, 11) is 0. The molecular weight excluding hydrogens is 276 g/mol. The summed E-state index contributed by atoms with van der Waals surface area (Å²) in [5.74, 6) is 0.922. The molecule has 4 heteroatoms. The van der Waals surface area contributed by atoms with E-state index < -0.39 is 0 Å². The third kappa shape index (κ3) is 4.34. The van der Waals surface area contributed by atoms with Crippen molar-refractivity contribution in [3.63, 3.8) is 0 Å². The van der Waals surface area contributed by atoms with Crippen LogP contribution in [0.1, 0.15) is 25.7 Å². The molecular formula is C18H24N2O2. The Labute approximate surface area is 131 Å². The number of fused-ring (bicyclic) bond motifs is 1. The Kier molecular flexibility index (Phi) is 5.11. The van der Waals surface area contributed by atoms with Gasteiger partial charge in [-0.3, -0.25) is 4.79 Å². The predicted molar refractivity (Wildman–Crippen MR) is 87.7 cm³/mol. The van der Waals surface area contributed by atoms with Crippen molar-refractivity contribution in [2.24, 2.45) is 5.92 Å². The third-order valence-corrected chi connectivity index (χ3v) is 4.10. The number of hydrogen-bond acceptors (Lipinski definition) is 2. The lowest BCUT2D eigenvalue weighted by molar-refractivity contribution is -0.121. The minimum Gasteiger partial charge on any atom is -0.381 e. The quantitative estimate of drug-likeness (QED) is 0.724. The van der Waals surface area contributed by atoms with Crippen LogP contribution in [0, 0.1) is 5.92 Å². The van der Waals surface area contributed by atoms with Crippen molar-refractivity contribution in [3.05, 3.63) is 36.5 Å². The summed E-state index contributed by atoms with van der Waals surface area (Å²) < 4.78 is 7.68. The number of ether oxygens (including phenoxy) is 1. The van der Waals surface area contributed by atoms with E-state index in [1.54, 1.807) is 0 Å². The highest BCUT2D eigenvalue weighted by Gasteiger charge is 2.20. The Balaban J connectivity index is 1.31. The van der Waals surface area contributed by atoms with Gasteiger partial charge in [0.1, 0.15) is 0 Å². The number of carbonyl (C=O) groups excluding carboxylic acids is 1. The normalized spacial score (nSPS) is 14.4. The van der Waals surface area contributed by atoms with Crippen molar-refractivity contribution in [3.8, 4) is 0 Å². The molecule has 1 N–H and O–H groups in total. The molecule has 118 valence electrons. The fourth-order valence-corrected chi connectivity index (χ4v) is 2.58. The number of aryl methyl sites for hydroxylation is 1. The molecule has 0 bridgehead atoms. The molecule has 22 heavy (non-hydrogen) atoms. The third-order valence-electron chi connectivity index (χ3n) is 4.10. The van der Waals surface area contributed by atoms with Gasteiger partial charge in [0.25, 0.3) is 0 Å². The van der Waals surface area contributed by atoms with Crippen LogP contribution in [-0.4, -0.2) is 30.2 Å². The van der Waals surface area contributed by atoms with Crippen molar-refractivity contribution in [2.45, 2.75) is 32.2 Å². The van der Waals surface area contributed by atoms with Crippen LogP contribution in [0.5, 0.6) is 0 Å². The monoisotopic (exact) mass is 300 g/mol. The molecule has 4 nitrogen and oxygen atoms in total. The Morgan fingerprint density at radius 2 is 2.14 bits per heavy atom. The lowest BCUT2D eigenvalue weighted by Gasteiger charge is -2.07. The summed E-state index contributed by atoms with van der Waals surface area (Å²) in [6.07, 6.45) is 6.10. The average Bonchev–Trinajstić information content (AvgIpc) is 3.27. The molecule has 3 rings (SSSR count). The van der Waals surface area contributed by atoms with Crippen LogP contribution >= 0.6 is 0 Å². The maximum Gasteiger partial charge on any atom is 0.221 e. The first-order valence-corrected chi connectivity index (χ1v) is 8.21. The zero-order chi connectivity index (χ0) is 15.2. The van der Waals surface area contributed by atoms with Gasteiger partial charge in [-0.15, -0.1) is 0 Å². The van der Waals surface area contributed by atoms with Crippen LogP contribution in [0.15, 0.2) is 36.5 Å². The number of aromatic nitrogens is 1. The number of para-hydroxylation sites is 1. The fraction of sp³-hybridized carbons (Fsp3) is 0.500. The maximum atomic E-state index is 11.9. The summed E-state index contributed by atoms with van der Waals surface area (Å²) >= 11 is 0. The number of nitrogens with zero attached hydrogens (tertiary/aromatic N) is 1. The van der Waals surface area contributed by atoms with Gasteiger partial charge in [-0.05, 0) is 42.7 Å². The van der Waals surface area contributed by atoms with Crippen molar-refractivity contribution < 1.29 is 9.53 Å². The number of nitrogens with one attached hydrogen (secondary N) is 1. The molecule has 1 fully saturated rings. The SMILES string of the molecule is O=C(CCn1ccc2ccccc21)NCCCOCC1CC1. The lowest BCUT2D eigenvalue weighted by Crippen LogP contribution is -2.26. The molecule has 0 saturated heterocycles. The van der Waals surface area contributed by atoms with E-state index in [9.17, 15) is 4.79 Å². The summed E-state index contributed by atoms with van der Waals surface area (Å²) in [6, 6.07) is 10.3. The molecule has 0 atom stereocenters. The molecule has 1 aromatic carbocycles. The van der Waals surface area contributed by atoms with Gasteiger partial charge < -0.3 is 14.6 Å². The summed E-state index contributed by atoms with van der Waals surface area (Å²) in [5.41, 5.74) is 1.18. The predicted octanol–water partition coefficient (Wildman–Crippen LogP) is 2.96. The summed E-state index contributed by atoms with van der Waals surface area (Å²) in [5, 5.41) is 4.18. The fourth-order valence-electron chi connectivity index (χ4n) is 2.58. The largest absolute Gasteiger partial charge is 0.381 e. The highest BCUT2D eigenvalue weighted by atomic mass is 16.5. The number of carbonyl (C=O) groups is 1. The smallest absolute Gasteiger partial charge is 0.221 e. The highest BCUT2D eigenvalue weighted by molar-refractivity contribution is 5.80. The zero-order valence-electron chi connectivity index (χ0n) is 13.0. The van der Waals surface area contributed by atoms with Crippen LogP contribution in [0.4, 0.5) is 0 Å². The van der Waals surface area contributed by atoms with Gasteiger partial charge in [-0.1, -0.05) is 18.2 Å². The van der Waals surface area contributed by atoms with Gasteiger partial charge in [-0.2, -0.15) is 0 Å². The van der Waals surface area contributed by atoms with Gasteiger partial charge >= 0.3 is 0 Å². The molecule has 1 aliphatic rings. The molecule has 1 heterocycles. The van der Waals surface area contributed by atoms with Crippen LogP contribution < -0.4 is 5.32 Å². The first kappa shape index (κ1) is 15.1. The molecule has 1 aromatic heterocycles. The first-order valence-electron chi connectivity index (χ1n) is 8.21. The van der Waals surface area contributed by atoms with Crippen molar-refractivity contribution in [2.75, 3.05) is 19.8 Å². The molecule has 1 saturated carbocycles. The molecule has 0 radical (unpaired) electrons. The second kappa shape index (κ2) is 7.45. The topological polar surface area (TPSA) is 43.3 Å². The lowest BCUT2D eigenvalue weighted by atomic mass is 10.2. The van der Waals surface area contributed by atoms with Crippen LogP contribution in [-0.2, 0) is 16.1 Å². The zero-order valence-corrected chi connectivity index (χ0v) is 13.0. The Hall–Kier alpha value is -1.81. The van der Waals surface area contributed by atoms with Gasteiger partial charge in [0.15, 0.2) is 0 Å². The Morgan fingerprint density at radius 3 is 3.00 bits per heavy atom. The number of hydrogen-bond donors (Lipinski definition) is 1. The number of benzene rings is 1. The van der Waals surface area contributed by atoms with Crippen molar-refractivity contribution in [1.82, 2.24) is 9.88 Å². The van der Waals surface area contributed by atoms with Crippen molar-refractivity contribution >= 4 is 16.8 Å². The molecule has 0 aliphatic heterocycles. The van der Waals surface area contributed by atoms with E-state index in [0.29, 0.717) is 13.0 Å². The van der Waals surface area contributed by atoms with E-state index in [4.69, 9.17) is 4.74 Å². The maximum absolute atomic E-state index is 11.9. The standard InChI is InChI=1S/C18H24N2O2/c21-18(19-10-3-13-22-14-15-6-7-15)9-12-20-11-8-16-4-1-2-5-17(16)20/h1-2,4-5,8,11,15H,3,6-7,9-10,12-14H2,(H,19,21). The Bertz CT molecular complexity index is 616. The van der Waals surface area contributed by atoms with E-state index >= 15 is 0 Å². The van der Waals surface area contributed by atoms with Crippen LogP contribution in [0.25, 0.3) is 10.9 Å². The number of rotatable bonds is 9. The van der Waals surface area contributed by atoms with E-state index in [1.165, 1.54) is 23.7 Å². The van der Waals surface area contributed by atoms with E-state index in [-0.39, 0.29) is 5.91 Å². The first-order chi connectivity index (χ1) is 10.8. The average molecular weight is 300 g/mol. The molecule has 0 unspecified atom stereocenters. The van der Waals surface area contributed by atoms with Crippen molar-refractivity contribution in [1.29, 1.82) is 0 Å². The summed E-state index contributed by atoms with van der Waals surface area (Å²) in [4.78, 5) is 11.9. The van der Waals surface area contributed by atoms with E-state index in [2.05, 4.69) is 28.1 Å². The second-order valence-corrected chi connectivity index (χ2v) is 6.04. The van der Waals surface area contributed by atoms with Gasteiger partial charge in [-0.25, -0.2) is 0 Å². The molecule has 1 aliphatic carbocycles.